The maximum absolute atomic E-state index is 10.6. The first-order valence-corrected chi connectivity index (χ1v) is 18.3. The van der Waals surface area contributed by atoms with E-state index < -0.39 is 0 Å². The molecule has 0 aliphatic carbocycles. The molecule has 5 nitrogen and oxygen atoms in total. The van der Waals surface area contributed by atoms with Gasteiger partial charge in [-0.1, -0.05) is 103 Å². The molecule has 0 atom stereocenters. The Morgan fingerprint density at radius 3 is 1.47 bits per heavy atom. The van der Waals surface area contributed by atoms with Crippen LogP contribution in [0.4, 0.5) is 0 Å². The number of fused-ring (bicyclic) bond motifs is 9. The van der Waals surface area contributed by atoms with Gasteiger partial charge in [0.05, 0.1) is 62.1 Å². The van der Waals surface area contributed by atoms with E-state index in [1.165, 1.54) is 32.6 Å². The molecule has 0 bridgehead atoms. The number of rotatable bonds is 4. The van der Waals surface area contributed by atoms with Gasteiger partial charge >= 0.3 is 0 Å². The summed E-state index contributed by atoms with van der Waals surface area (Å²) in [7, 11) is 0. The van der Waals surface area contributed by atoms with Crippen LogP contribution in [0.15, 0.2) is 176 Å². The lowest BCUT2D eigenvalue weighted by atomic mass is 9.99. The fourth-order valence-corrected chi connectivity index (χ4v) is 8.87. The van der Waals surface area contributed by atoms with E-state index in [0.717, 1.165) is 61.0 Å². The molecule has 0 spiro atoms. The number of hydrogen-bond donors (Lipinski definition) is 0. The van der Waals surface area contributed by atoms with Crippen LogP contribution in [0.3, 0.4) is 0 Å². The molecule has 0 amide bonds. The predicted molar refractivity (Wildman–Crippen MR) is 224 cm³/mol. The van der Waals surface area contributed by atoms with Crippen LogP contribution in [0.25, 0.3) is 93.6 Å². The van der Waals surface area contributed by atoms with Crippen molar-refractivity contribution in [3.05, 3.63) is 187 Å². The maximum atomic E-state index is 10.6. The molecule has 8 aromatic carbocycles. The second-order valence-corrected chi connectivity index (χ2v) is 13.9. The van der Waals surface area contributed by atoms with Crippen molar-refractivity contribution in [3.8, 4) is 40.3 Å². The highest BCUT2D eigenvalue weighted by molar-refractivity contribution is 6.16. The van der Waals surface area contributed by atoms with Gasteiger partial charge in [-0.25, -0.2) is 0 Å². The third-order valence-corrected chi connectivity index (χ3v) is 11.1. The largest absolute Gasteiger partial charge is 0.309 e. The summed E-state index contributed by atoms with van der Waals surface area (Å²) in [5, 5.41) is 27.3. The van der Waals surface area contributed by atoms with Crippen molar-refractivity contribution in [1.82, 2.24) is 13.7 Å². The Hall–Kier alpha value is -7.86. The first-order valence-electron chi connectivity index (χ1n) is 18.3. The minimum atomic E-state index is 0.577. The molecule has 3 aromatic heterocycles. The molecule has 5 heteroatoms. The van der Waals surface area contributed by atoms with E-state index in [-0.39, 0.29) is 0 Å². The summed E-state index contributed by atoms with van der Waals surface area (Å²) >= 11 is 0. The third kappa shape index (κ3) is 4.39. The minimum Gasteiger partial charge on any atom is -0.309 e. The maximum Gasteiger partial charge on any atom is 0.0998 e. The van der Waals surface area contributed by atoms with E-state index >= 15 is 0 Å². The molecule has 254 valence electrons. The van der Waals surface area contributed by atoms with Gasteiger partial charge in [0.25, 0.3) is 0 Å². The lowest BCUT2D eigenvalue weighted by Gasteiger charge is -2.14. The second kappa shape index (κ2) is 11.8. The standard InChI is InChI=1S/C50H29N5/c51-30-33-13-10-23-46-49(33)40-17-3-7-21-44(40)54(46)36-26-27-37(34(29-36)31-52)32-12-9-14-35(28-32)53-45-22-8-4-18-41(45)50-47(53)24-11-25-48(50)55-42-19-5-1-15-38(42)39-16-2-6-20-43(39)55/h1-29H. The fourth-order valence-electron chi connectivity index (χ4n) is 8.87. The van der Waals surface area contributed by atoms with Crippen molar-refractivity contribution in [2.75, 3.05) is 0 Å². The van der Waals surface area contributed by atoms with Gasteiger partial charge in [-0.05, 0) is 83.9 Å². The average molecular weight is 700 g/mol. The van der Waals surface area contributed by atoms with Crippen LogP contribution in [-0.2, 0) is 0 Å². The Morgan fingerprint density at radius 2 is 0.836 bits per heavy atom. The monoisotopic (exact) mass is 699 g/mol. The van der Waals surface area contributed by atoms with Gasteiger partial charge in [0.2, 0.25) is 0 Å². The highest BCUT2D eigenvalue weighted by atomic mass is 15.0. The highest BCUT2D eigenvalue weighted by Crippen LogP contribution is 2.41. The van der Waals surface area contributed by atoms with Gasteiger partial charge in [-0.3, -0.25) is 0 Å². The van der Waals surface area contributed by atoms with E-state index in [1.54, 1.807) is 0 Å². The van der Waals surface area contributed by atoms with E-state index in [9.17, 15) is 10.5 Å². The quantitative estimate of drug-likeness (QED) is 0.184. The lowest BCUT2D eigenvalue weighted by Crippen LogP contribution is -1.98. The van der Waals surface area contributed by atoms with Crippen molar-refractivity contribution in [1.29, 1.82) is 10.5 Å². The topological polar surface area (TPSA) is 62.4 Å². The Morgan fingerprint density at radius 1 is 0.345 bits per heavy atom. The first kappa shape index (κ1) is 30.7. The molecule has 0 saturated heterocycles. The van der Waals surface area contributed by atoms with E-state index in [2.05, 4.69) is 159 Å². The average Bonchev–Trinajstić information content (AvgIpc) is 3.89. The third-order valence-electron chi connectivity index (χ3n) is 11.1. The Kier molecular flexibility index (Phi) is 6.61. The molecule has 0 N–H and O–H groups in total. The zero-order valence-electron chi connectivity index (χ0n) is 29.5. The van der Waals surface area contributed by atoms with Gasteiger partial charge in [-0.2, -0.15) is 10.5 Å². The van der Waals surface area contributed by atoms with E-state index in [0.29, 0.717) is 11.1 Å². The molecule has 0 unspecified atom stereocenters. The number of nitriles is 2. The molecule has 3 heterocycles. The van der Waals surface area contributed by atoms with Crippen molar-refractivity contribution >= 4 is 65.4 Å². The van der Waals surface area contributed by atoms with Crippen LogP contribution in [0.1, 0.15) is 11.1 Å². The molecule has 0 fully saturated rings. The van der Waals surface area contributed by atoms with Crippen molar-refractivity contribution in [2.45, 2.75) is 0 Å². The molecule has 11 aromatic rings. The summed E-state index contributed by atoms with van der Waals surface area (Å²) < 4.78 is 6.90. The summed E-state index contributed by atoms with van der Waals surface area (Å²) in [6, 6.07) is 65.9. The molecule has 11 rings (SSSR count). The van der Waals surface area contributed by atoms with Crippen molar-refractivity contribution < 1.29 is 0 Å². The molecule has 0 saturated carbocycles. The van der Waals surface area contributed by atoms with E-state index in [1.807, 2.05) is 42.5 Å². The SMILES string of the molecule is N#Cc1cc(-n2c3ccccc3c3c(C#N)cccc32)ccc1-c1cccc(-n2c3ccccc3c3c(-n4c5ccccc5c5ccccc54)cccc32)c1. The molecule has 0 aliphatic rings. The number of benzene rings is 8. The molecule has 55 heavy (non-hydrogen) atoms. The zero-order chi connectivity index (χ0) is 36.6. The smallest absolute Gasteiger partial charge is 0.0998 e. The summed E-state index contributed by atoms with van der Waals surface area (Å²) in [6.45, 7) is 0. The van der Waals surface area contributed by atoms with Crippen LogP contribution >= 0.6 is 0 Å². The van der Waals surface area contributed by atoms with Crippen LogP contribution in [0, 0.1) is 22.7 Å². The number of hydrogen-bond acceptors (Lipinski definition) is 2. The van der Waals surface area contributed by atoms with Gasteiger partial charge < -0.3 is 13.7 Å². The van der Waals surface area contributed by atoms with Gasteiger partial charge in [0.15, 0.2) is 0 Å². The number of para-hydroxylation sites is 4. The summed E-state index contributed by atoms with van der Waals surface area (Å²) in [6.07, 6.45) is 0. The molecule has 0 aliphatic heterocycles. The van der Waals surface area contributed by atoms with Crippen molar-refractivity contribution in [2.24, 2.45) is 0 Å². The van der Waals surface area contributed by atoms with Gasteiger partial charge in [0.1, 0.15) is 0 Å². The normalized spacial score (nSPS) is 11.6. The second-order valence-electron chi connectivity index (χ2n) is 13.9. The highest BCUT2D eigenvalue weighted by Gasteiger charge is 2.20. The van der Waals surface area contributed by atoms with E-state index in [4.69, 9.17) is 0 Å². The first-order chi connectivity index (χ1) is 27.2. The Labute approximate surface area is 316 Å². The Bertz CT molecular complexity index is 3420. The zero-order valence-corrected chi connectivity index (χ0v) is 29.5. The summed E-state index contributed by atoms with van der Waals surface area (Å²) in [5.74, 6) is 0. The summed E-state index contributed by atoms with van der Waals surface area (Å²) in [4.78, 5) is 0. The van der Waals surface area contributed by atoms with Crippen LogP contribution in [-0.4, -0.2) is 13.7 Å². The molecule has 0 radical (unpaired) electrons. The van der Waals surface area contributed by atoms with Crippen LogP contribution in [0.2, 0.25) is 0 Å². The summed E-state index contributed by atoms with van der Waals surface area (Å²) in [5.41, 5.74) is 12.5. The van der Waals surface area contributed by atoms with Crippen molar-refractivity contribution in [3.63, 3.8) is 0 Å². The van der Waals surface area contributed by atoms with Crippen LogP contribution < -0.4 is 0 Å². The lowest BCUT2D eigenvalue weighted by molar-refractivity contribution is 1.17. The number of aromatic nitrogens is 3. The van der Waals surface area contributed by atoms with Gasteiger partial charge in [-0.15, -0.1) is 0 Å². The van der Waals surface area contributed by atoms with Gasteiger partial charge in [0, 0.05) is 43.7 Å². The molecular formula is C50H29N5. The number of nitrogens with zero attached hydrogens (tertiary/aromatic N) is 5. The predicted octanol–water partition coefficient (Wildman–Crippen LogP) is 12.4. The Balaban J connectivity index is 1.10. The van der Waals surface area contributed by atoms with Crippen LogP contribution in [0.5, 0.6) is 0 Å². The fraction of sp³-hybridized carbons (Fsp3) is 0. The minimum absolute atomic E-state index is 0.577. The molecular weight excluding hydrogens is 671 g/mol.